The van der Waals surface area contributed by atoms with Gasteiger partial charge in [0.25, 0.3) is 0 Å². The molecule has 0 fully saturated rings. The van der Waals surface area contributed by atoms with Crippen molar-refractivity contribution in [3.05, 3.63) is 54.4 Å². The van der Waals surface area contributed by atoms with Crippen LogP contribution in [-0.2, 0) is 14.3 Å². The maximum absolute atomic E-state index is 14.9. The summed E-state index contributed by atoms with van der Waals surface area (Å²) in [6.07, 6.45) is -2.99. The number of nitrogens with zero attached hydrogens (tertiary/aromatic N) is 1. The summed E-state index contributed by atoms with van der Waals surface area (Å²) >= 11 is 0. The van der Waals surface area contributed by atoms with Crippen molar-refractivity contribution in [2.45, 2.75) is 13.1 Å². The van der Waals surface area contributed by atoms with Gasteiger partial charge in [0.15, 0.2) is 0 Å². The molecule has 1 amide bonds. The number of halogens is 4. The van der Waals surface area contributed by atoms with E-state index in [1.165, 1.54) is 31.5 Å². The van der Waals surface area contributed by atoms with Gasteiger partial charge in [0.2, 0.25) is 5.91 Å². The van der Waals surface area contributed by atoms with Crippen molar-refractivity contribution in [3.63, 3.8) is 0 Å². The molecule has 0 saturated carbocycles. The van der Waals surface area contributed by atoms with E-state index in [1.54, 1.807) is 25.1 Å². The van der Waals surface area contributed by atoms with E-state index in [1.807, 2.05) is 0 Å². The van der Waals surface area contributed by atoms with E-state index in [4.69, 9.17) is 9.47 Å². The van der Waals surface area contributed by atoms with Crippen molar-refractivity contribution in [2.24, 2.45) is 4.99 Å². The third-order valence-electron chi connectivity index (χ3n) is 4.13. The van der Waals surface area contributed by atoms with E-state index in [-0.39, 0.29) is 17.9 Å². The molecule has 0 atom stereocenters. The Hall–Kier alpha value is -3.44. The lowest BCUT2D eigenvalue weighted by molar-refractivity contribution is -0.174. The Bertz CT molecular complexity index is 1010. The highest BCUT2D eigenvalue weighted by Gasteiger charge is 2.27. The highest BCUT2D eigenvalue weighted by molar-refractivity contribution is 5.92. The molecule has 0 aliphatic rings. The highest BCUT2D eigenvalue weighted by Crippen LogP contribution is 2.33. The first-order valence-corrected chi connectivity index (χ1v) is 10.1. The summed E-state index contributed by atoms with van der Waals surface area (Å²) in [6, 6.07) is 9.02. The molecule has 2 aromatic rings. The van der Waals surface area contributed by atoms with Crippen molar-refractivity contribution < 1.29 is 36.6 Å². The van der Waals surface area contributed by atoms with Gasteiger partial charge >= 0.3 is 6.18 Å². The first-order chi connectivity index (χ1) is 16.1. The van der Waals surface area contributed by atoms with Gasteiger partial charge in [-0.2, -0.15) is 13.2 Å². The quantitative estimate of drug-likeness (QED) is 0.247. The van der Waals surface area contributed by atoms with Crippen molar-refractivity contribution >= 4 is 34.9 Å². The van der Waals surface area contributed by atoms with Crippen LogP contribution in [0, 0.1) is 5.82 Å². The number of methoxy groups -OCH3 is 1. The number of amides is 1. The lowest BCUT2D eigenvalue weighted by Gasteiger charge is -2.15. The van der Waals surface area contributed by atoms with Crippen LogP contribution in [0.5, 0.6) is 5.75 Å². The Balaban J connectivity index is 2.04. The topological polar surface area (TPSA) is 81.2 Å². The van der Waals surface area contributed by atoms with Gasteiger partial charge in [0.1, 0.15) is 31.4 Å². The summed E-state index contributed by atoms with van der Waals surface area (Å²) in [7, 11) is 1.53. The van der Waals surface area contributed by atoms with Crippen LogP contribution < -0.4 is 15.4 Å². The molecular formula is C23H25F4N3O4. The van der Waals surface area contributed by atoms with Crippen molar-refractivity contribution in [3.8, 4) is 5.75 Å². The average molecular weight is 483 g/mol. The van der Waals surface area contributed by atoms with E-state index in [0.29, 0.717) is 29.4 Å². The van der Waals surface area contributed by atoms with E-state index in [9.17, 15) is 22.4 Å². The van der Waals surface area contributed by atoms with Gasteiger partial charge in [-0.05, 0) is 31.2 Å². The largest absolute Gasteiger partial charge is 0.491 e. The van der Waals surface area contributed by atoms with Crippen LogP contribution in [0.4, 0.5) is 34.6 Å². The average Bonchev–Trinajstić information content (AvgIpc) is 2.74. The highest BCUT2D eigenvalue weighted by atomic mass is 19.4. The fourth-order valence-electron chi connectivity index (χ4n) is 2.76. The second kappa shape index (κ2) is 12.7. The third kappa shape index (κ3) is 8.83. The maximum atomic E-state index is 14.9. The van der Waals surface area contributed by atoms with Crippen LogP contribution in [0.1, 0.15) is 12.5 Å². The zero-order valence-corrected chi connectivity index (χ0v) is 18.7. The third-order valence-corrected chi connectivity index (χ3v) is 4.13. The molecule has 0 aromatic heterocycles. The molecule has 0 aliphatic heterocycles. The van der Waals surface area contributed by atoms with E-state index >= 15 is 0 Å². The van der Waals surface area contributed by atoms with Crippen LogP contribution in [0.25, 0.3) is 5.70 Å². The fourth-order valence-corrected chi connectivity index (χ4v) is 2.76. The molecule has 0 radical (unpaired) electrons. The van der Waals surface area contributed by atoms with Crippen LogP contribution in [0.3, 0.4) is 0 Å². The predicted molar refractivity (Wildman–Crippen MR) is 122 cm³/mol. The zero-order valence-electron chi connectivity index (χ0n) is 18.7. The van der Waals surface area contributed by atoms with Crippen LogP contribution in [0.2, 0.25) is 0 Å². The summed E-state index contributed by atoms with van der Waals surface area (Å²) < 4.78 is 65.8. The minimum absolute atomic E-state index is 0.149. The summed E-state index contributed by atoms with van der Waals surface area (Å²) in [5.41, 5.74) is 1.57. The Morgan fingerprint density at radius 2 is 1.76 bits per heavy atom. The molecule has 2 aromatic carbocycles. The second-order valence-electron chi connectivity index (χ2n) is 6.86. The van der Waals surface area contributed by atoms with E-state index < -0.39 is 31.1 Å². The number of alkyl halides is 3. The lowest BCUT2D eigenvalue weighted by atomic mass is 10.1. The van der Waals surface area contributed by atoms with Crippen LogP contribution in [0.15, 0.2) is 48.0 Å². The van der Waals surface area contributed by atoms with Gasteiger partial charge < -0.3 is 24.8 Å². The number of hydrogen-bond acceptors (Lipinski definition) is 6. The number of anilines is 2. The van der Waals surface area contributed by atoms with Gasteiger partial charge in [-0.25, -0.2) is 4.39 Å². The van der Waals surface area contributed by atoms with Crippen LogP contribution in [-0.4, -0.2) is 51.8 Å². The molecule has 0 aliphatic carbocycles. The van der Waals surface area contributed by atoms with Crippen LogP contribution >= 0.6 is 0 Å². The number of carbonyl (C=O) groups excluding carboxylic acids is 1. The number of carbonyl (C=O) groups is 1. The first-order valence-electron chi connectivity index (χ1n) is 10.1. The number of hydrogen-bond donors (Lipinski definition) is 2. The van der Waals surface area contributed by atoms with Gasteiger partial charge in [-0.3, -0.25) is 9.79 Å². The SMILES string of the molecule is C=C(Nc1ccc(NC(=O)COCC(F)(F)F)cc1)c1c(F)cc(OCCOC)cc1N=CC. The Labute approximate surface area is 194 Å². The molecular weight excluding hydrogens is 458 g/mol. The molecule has 34 heavy (non-hydrogen) atoms. The van der Waals surface area contributed by atoms with E-state index in [2.05, 4.69) is 26.9 Å². The predicted octanol–water partition coefficient (Wildman–Crippen LogP) is 5.17. The minimum Gasteiger partial charge on any atom is -0.491 e. The number of rotatable bonds is 12. The number of nitrogens with one attached hydrogen (secondary N) is 2. The van der Waals surface area contributed by atoms with E-state index in [0.717, 1.165) is 0 Å². The van der Waals surface area contributed by atoms with Gasteiger partial charge in [0.05, 0.1) is 17.9 Å². The minimum atomic E-state index is -4.50. The number of ether oxygens (including phenoxy) is 3. The molecule has 2 rings (SSSR count). The molecule has 0 bridgehead atoms. The molecule has 2 N–H and O–H groups in total. The summed E-state index contributed by atoms with van der Waals surface area (Å²) in [5, 5.41) is 5.39. The Kier molecular flexibility index (Phi) is 10.0. The Morgan fingerprint density at radius 3 is 2.35 bits per heavy atom. The van der Waals surface area contributed by atoms with Crippen molar-refractivity contribution in [2.75, 3.05) is 44.2 Å². The zero-order chi connectivity index (χ0) is 25.1. The maximum Gasteiger partial charge on any atom is 0.411 e. The summed E-state index contributed by atoms with van der Waals surface area (Å²) in [4.78, 5) is 15.9. The smallest absolute Gasteiger partial charge is 0.411 e. The second-order valence-corrected chi connectivity index (χ2v) is 6.86. The molecule has 0 spiro atoms. The molecule has 0 unspecified atom stereocenters. The fraction of sp³-hybridized carbons (Fsp3) is 0.304. The first kappa shape index (κ1) is 26.8. The van der Waals surface area contributed by atoms with Crippen molar-refractivity contribution in [1.82, 2.24) is 0 Å². The summed E-state index contributed by atoms with van der Waals surface area (Å²) in [5.74, 6) is -1.02. The standard InChI is InChI=1S/C23H25F4N3O4/c1-4-28-20-12-18(34-10-9-32-3)11-19(24)22(20)15(2)29-16-5-7-17(8-6-16)30-21(31)13-33-14-23(25,26)27/h4-8,11-12,29H,2,9-10,13-14H2,1,3H3,(H,30,31). The Morgan fingerprint density at radius 1 is 1.12 bits per heavy atom. The number of aliphatic imine (C=N–C) groups is 1. The molecule has 184 valence electrons. The molecule has 11 heteroatoms. The van der Waals surface area contributed by atoms with Gasteiger partial charge in [-0.1, -0.05) is 6.58 Å². The molecule has 0 heterocycles. The lowest BCUT2D eigenvalue weighted by Crippen LogP contribution is -2.23. The normalized spacial score (nSPS) is 11.5. The molecule has 0 saturated heterocycles. The van der Waals surface area contributed by atoms with Crippen molar-refractivity contribution in [1.29, 1.82) is 0 Å². The number of benzene rings is 2. The molecule has 7 nitrogen and oxygen atoms in total. The monoisotopic (exact) mass is 483 g/mol. The van der Waals surface area contributed by atoms with Gasteiger partial charge in [-0.15, -0.1) is 0 Å². The van der Waals surface area contributed by atoms with Gasteiger partial charge in [0, 0.05) is 42.5 Å². The summed E-state index contributed by atoms with van der Waals surface area (Å²) in [6.45, 7) is 3.94.